The van der Waals surface area contributed by atoms with Crippen molar-refractivity contribution >= 4 is 27.9 Å². The third-order valence-corrected chi connectivity index (χ3v) is 6.85. The fraction of sp³-hybridized carbons (Fsp3) is 0.250. The number of fused-ring (bicyclic) bond motifs is 2. The van der Waals surface area contributed by atoms with Crippen LogP contribution in [0.3, 0.4) is 0 Å². The molecule has 1 fully saturated rings. The number of halogens is 1. The van der Waals surface area contributed by atoms with Gasteiger partial charge in [0.25, 0.3) is 0 Å². The lowest BCUT2D eigenvalue weighted by atomic mass is 10.0. The topological polar surface area (TPSA) is 48.9 Å². The minimum Gasteiger partial charge on any atom is -0.361 e. The van der Waals surface area contributed by atoms with Crippen LogP contribution in [0.1, 0.15) is 24.0 Å². The number of hydrogen-bond donors (Lipinski definition) is 2. The summed E-state index contributed by atoms with van der Waals surface area (Å²) < 4.78 is 15.6. The number of imidazole rings is 1. The number of anilines is 1. The molecule has 3 heterocycles. The van der Waals surface area contributed by atoms with Gasteiger partial charge in [-0.1, -0.05) is 30.3 Å². The summed E-state index contributed by atoms with van der Waals surface area (Å²) in [5.41, 5.74) is 5.67. The lowest BCUT2D eigenvalue weighted by Crippen LogP contribution is -2.39. The Kier molecular flexibility index (Phi) is 5.51. The average Bonchev–Trinajstić information content (AvgIpc) is 3.46. The molecule has 0 aliphatic carbocycles. The Bertz CT molecular complexity index is 1410. The van der Waals surface area contributed by atoms with Crippen molar-refractivity contribution in [2.45, 2.75) is 32.0 Å². The fourth-order valence-corrected chi connectivity index (χ4v) is 5.00. The molecule has 0 atom stereocenters. The van der Waals surface area contributed by atoms with Gasteiger partial charge in [-0.2, -0.15) is 0 Å². The maximum atomic E-state index is 13.4. The number of benzene rings is 3. The van der Waals surface area contributed by atoms with Crippen molar-refractivity contribution in [3.63, 3.8) is 0 Å². The third kappa shape index (κ3) is 4.29. The van der Waals surface area contributed by atoms with Gasteiger partial charge in [0.2, 0.25) is 5.95 Å². The Morgan fingerprint density at radius 1 is 0.912 bits per heavy atom. The third-order valence-electron chi connectivity index (χ3n) is 6.85. The normalized spacial score (nSPS) is 15.3. The molecule has 6 heteroatoms. The van der Waals surface area contributed by atoms with Crippen LogP contribution in [0.15, 0.2) is 79.0 Å². The second-order valence-electron chi connectivity index (χ2n) is 9.23. The van der Waals surface area contributed by atoms with Crippen LogP contribution in [-0.2, 0) is 13.1 Å². The van der Waals surface area contributed by atoms with Crippen molar-refractivity contribution in [1.82, 2.24) is 19.4 Å². The van der Waals surface area contributed by atoms with Gasteiger partial charge in [-0.25, -0.2) is 9.37 Å². The SMILES string of the molecule is Fc1ccc(Cn2c(NC3CCN(Cc4ccc5[nH]ccc5c4)CC3)nc3ccccc32)cc1. The summed E-state index contributed by atoms with van der Waals surface area (Å²) in [7, 11) is 0. The Hall–Kier alpha value is -3.64. The van der Waals surface area contributed by atoms with E-state index in [0.717, 1.165) is 55.0 Å². The number of piperidine rings is 1. The minimum atomic E-state index is -0.211. The molecule has 1 aliphatic heterocycles. The quantitative estimate of drug-likeness (QED) is 0.343. The van der Waals surface area contributed by atoms with Crippen LogP contribution in [-0.4, -0.2) is 38.6 Å². The van der Waals surface area contributed by atoms with E-state index in [9.17, 15) is 4.39 Å². The number of nitrogens with one attached hydrogen (secondary N) is 2. The summed E-state index contributed by atoms with van der Waals surface area (Å²) in [6.07, 6.45) is 4.15. The molecule has 0 saturated carbocycles. The summed E-state index contributed by atoms with van der Waals surface area (Å²) in [6, 6.07) is 24.1. The zero-order valence-corrected chi connectivity index (χ0v) is 19.0. The van der Waals surface area contributed by atoms with Crippen LogP contribution >= 0.6 is 0 Å². The average molecular weight is 454 g/mol. The summed E-state index contributed by atoms with van der Waals surface area (Å²) >= 11 is 0. The van der Waals surface area contributed by atoms with Gasteiger partial charge in [0.15, 0.2) is 0 Å². The predicted molar refractivity (Wildman–Crippen MR) is 135 cm³/mol. The van der Waals surface area contributed by atoms with Gasteiger partial charge in [0, 0.05) is 37.4 Å². The highest BCUT2D eigenvalue weighted by molar-refractivity contribution is 5.80. The van der Waals surface area contributed by atoms with E-state index >= 15 is 0 Å². The number of hydrogen-bond acceptors (Lipinski definition) is 3. The Morgan fingerprint density at radius 3 is 2.56 bits per heavy atom. The number of nitrogens with zero attached hydrogens (tertiary/aromatic N) is 3. The van der Waals surface area contributed by atoms with E-state index < -0.39 is 0 Å². The molecule has 1 saturated heterocycles. The Balaban J connectivity index is 1.14. The second-order valence-corrected chi connectivity index (χ2v) is 9.23. The van der Waals surface area contributed by atoms with Crippen molar-refractivity contribution in [2.24, 2.45) is 0 Å². The lowest BCUT2D eigenvalue weighted by Gasteiger charge is -2.32. The largest absolute Gasteiger partial charge is 0.361 e. The van der Waals surface area contributed by atoms with Crippen molar-refractivity contribution in [3.05, 3.63) is 95.9 Å². The lowest BCUT2D eigenvalue weighted by molar-refractivity contribution is 0.211. The van der Waals surface area contributed by atoms with E-state index in [1.54, 1.807) is 0 Å². The molecule has 0 radical (unpaired) electrons. The van der Waals surface area contributed by atoms with Gasteiger partial charge in [0.1, 0.15) is 5.82 Å². The van der Waals surface area contributed by atoms with E-state index in [1.165, 1.54) is 28.6 Å². The maximum absolute atomic E-state index is 13.4. The van der Waals surface area contributed by atoms with Gasteiger partial charge in [-0.15, -0.1) is 0 Å². The number of H-pyrrole nitrogens is 1. The predicted octanol–water partition coefficient (Wildman–Crippen LogP) is 5.78. The summed E-state index contributed by atoms with van der Waals surface area (Å²) in [6.45, 7) is 3.75. The molecule has 0 spiro atoms. The van der Waals surface area contributed by atoms with Crippen molar-refractivity contribution in [3.8, 4) is 0 Å². The monoisotopic (exact) mass is 453 g/mol. The first-order valence-corrected chi connectivity index (χ1v) is 12.0. The van der Waals surface area contributed by atoms with Gasteiger partial charge >= 0.3 is 0 Å². The molecule has 3 aromatic carbocycles. The van der Waals surface area contributed by atoms with Gasteiger partial charge in [-0.05, 0) is 71.8 Å². The van der Waals surface area contributed by atoms with E-state index in [2.05, 4.69) is 50.1 Å². The molecular formula is C28H28FN5. The van der Waals surface area contributed by atoms with Gasteiger partial charge in [-0.3, -0.25) is 4.90 Å². The number of aromatic amines is 1. The van der Waals surface area contributed by atoms with Crippen LogP contribution in [0.5, 0.6) is 0 Å². The molecule has 1 aliphatic rings. The Labute approximate surface area is 198 Å². The Morgan fingerprint density at radius 2 is 1.71 bits per heavy atom. The van der Waals surface area contributed by atoms with Crippen LogP contribution in [0.2, 0.25) is 0 Å². The molecule has 6 rings (SSSR count). The molecule has 34 heavy (non-hydrogen) atoms. The number of rotatable bonds is 6. The fourth-order valence-electron chi connectivity index (χ4n) is 5.00. The molecule has 5 nitrogen and oxygen atoms in total. The summed E-state index contributed by atoms with van der Waals surface area (Å²) in [4.78, 5) is 10.7. The van der Waals surface area contributed by atoms with Crippen LogP contribution in [0, 0.1) is 5.82 Å². The number of para-hydroxylation sites is 2. The van der Waals surface area contributed by atoms with Crippen LogP contribution < -0.4 is 5.32 Å². The maximum Gasteiger partial charge on any atom is 0.204 e. The molecule has 2 N–H and O–H groups in total. The first-order chi connectivity index (χ1) is 16.7. The highest BCUT2D eigenvalue weighted by atomic mass is 19.1. The number of aromatic nitrogens is 3. The van der Waals surface area contributed by atoms with Gasteiger partial charge < -0.3 is 14.9 Å². The van der Waals surface area contributed by atoms with Crippen LogP contribution in [0.4, 0.5) is 10.3 Å². The molecule has 0 unspecified atom stereocenters. The highest BCUT2D eigenvalue weighted by Crippen LogP contribution is 2.25. The summed E-state index contributed by atoms with van der Waals surface area (Å²) in [5, 5.41) is 4.99. The minimum absolute atomic E-state index is 0.211. The van der Waals surface area contributed by atoms with Crippen LogP contribution in [0.25, 0.3) is 21.9 Å². The zero-order valence-electron chi connectivity index (χ0n) is 19.0. The van der Waals surface area contributed by atoms with E-state index in [0.29, 0.717) is 12.6 Å². The number of likely N-dealkylation sites (tertiary alicyclic amines) is 1. The molecular weight excluding hydrogens is 425 g/mol. The van der Waals surface area contributed by atoms with E-state index in [-0.39, 0.29) is 5.82 Å². The molecule has 2 aromatic heterocycles. The van der Waals surface area contributed by atoms with Gasteiger partial charge in [0.05, 0.1) is 17.6 Å². The first kappa shape index (κ1) is 20.9. The standard InChI is InChI=1S/C28H28FN5/c29-23-8-5-20(6-9-23)19-34-27-4-2-1-3-26(27)32-28(34)31-24-12-15-33(16-13-24)18-21-7-10-25-22(17-21)11-14-30-25/h1-11,14,17,24,30H,12-13,15-16,18-19H2,(H,31,32). The summed E-state index contributed by atoms with van der Waals surface area (Å²) in [5.74, 6) is 0.680. The van der Waals surface area contributed by atoms with Crippen molar-refractivity contribution in [2.75, 3.05) is 18.4 Å². The van der Waals surface area contributed by atoms with Crippen molar-refractivity contribution < 1.29 is 4.39 Å². The first-order valence-electron chi connectivity index (χ1n) is 12.0. The molecule has 0 amide bonds. The zero-order chi connectivity index (χ0) is 22.9. The van der Waals surface area contributed by atoms with E-state index in [1.807, 2.05) is 36.5 Å². The second kappa shape index (κ2) is 8.95. The van der Waals surface area contributed by atoms with Crippen molar-refractivity contribution in [1.29, 1.82) is 0 Å². The molecule has 5 aromatic rings. The highest BCUT2D eigenvalue weighted by Gasteiger charge is 2.21. The van der Waals surface area contributed by atoms with E-state index in [4.69, 9.17) is 4.98 Å². The molecule has 0 bridgehead atoms. The molecule has 172 valence electrons. The smallest absolute Gasteiger partial charge is 0.204 e.